The highest BCUT2D eigenvalue weighted by Gasteiger charge is 2.11. The Labute approximate surface area is 112 Å². The zero-order chi connectivity index (χ0) is 14.5. The van der Waals surface area contributed by atoms with E-state index in [-0.39, 0.29) is 5.60 Å². The summed E-state index contributed by atoms with van der Waals surface area (Å²) >= 11 is 0. The fourth-order valence-corrected chi connectivity index (χ4v) is 1.47. The van der Waals surface area contributed by atoms with E-state index in [1.165, 1.54) is 18.2 Å². The van der Waals surface area contributed by atoms with Gasteiger partial charge in [-0.15, -0.1) is 0 Å². The van der Waals surface area contributed by atoms with Gasteiger partial charge < -0.3 is 14.7 Å². The van der Waals surface area contributed by atoms with Crippen molar-refractivity contribution >= 4 is 5.71 Å². The number of rotatable bonds is 5. The summed E-state index contributed by atoms with van der Waals surface area (Å²) < 4.78 is 24.2. The average Bonchev–Trinajstić information content (AvgIpc) is 2.33. The van der Waals surface area contributed by atoms with Gasteiger partial charge in [-0.05, 0) is 39.8 Å². The lowest BCUT2D eigenvalue weighted by Gasteiger charge is -2.20. The summed E-state index contributed by atoms with van der Waals surface area (Å²) in [5.41, 5.74) is 0.683. The average molecular weight is 269 g/mol. The Bertz CT molecular complexity index is 452. The van der Waals surface area contributed by atoms with Gasteiger partial charge in [0, 0.05) is 11.6 Å². The van der Waals surface area contributed by atoms with E-state index in [4.69, 9.17) is 14.7 Å². The van der Waals surface area contributed by atoms with Gasteiger partial charge in [0.05, 0.1) is 17.9 Å². The standard InChI is InChI=1S/C14H20FNO3/c1-10(16-17)12-6-5-11(15)9-13(12)18-7-8-19-14(2,3)4/h5-6,9,17H,7-8H2,1-4H3/b16-10-. The van der Waals surface area contributed by atoms with Crippen molar-refractivity contribution in [3.05, 3.63) is 29.6 Å². The summed E-state index contributed by atoms with van der Waals surface area (Å²) in [4.78, 5) is 0. The predicted octanol–water partition coefficient (Wildman–Crippen LogP) is 3.22. The molecule has 0 radical (unpaired) electrons. The van der Waals surface area contributed by atoms with Crippen molar-refractivity contribution in [1.29, 1.82) is 0 Å². The van der Waals surface area contributed by atoms with Crippen LogP contribution in [-0.2, 0) is 4.74 Å². The monoisotopic (exact) mass is 269 g/mol. The minimum absolute atomic E-state index is 0.239. The lowest BCUT2D eigenvalue weighted by Crippen LogP contribution is -2.22. The summed E-state index contributed by atoms with van der Waals surface area (Å²) in [6, 6.07) is 4.08. The maximum Gasteiger partial charge on any atom is 0.131 e. The van der Waals surface area contributed by atoms with E-state index in [0.29, 0.717) is 30.2 Å². The van der Waals surface area contributed by atoms with Gasteiger partial charge in [-0.2, -0.15) is 0 Å². The van der Waals surface area contributed by atoms with Gasteiger partial charge >= 0.3 is 0 Å². The first-order chi connectivity index (χ1) is 8.83. The molecule has 1 aromatic carbocycles. The molecule has 0 spiro atoms. The largest absolute Gasteiger partial charge is 0.490 e. The van der Waals surface area contributed by atoms with Crippen LogP contribution >= 0.6 is 0 Å². The topological polar surface area (TPSA) is 51.1 Å². The Hall–Kier alpha value is -1.62. The van der Waals surface area contributed by atoms with E-state index >= 15 is 0 Å². The molecule has 19 heavy (non-hydrogen) atoms. The third-order valence-corrected chi connectivity index (χ3v) is 2.36. The first-order valence-electron chi connectivity index (χ1n) is 6.09. The molecule has 0 heterocycles. The van der Waals surface area contributed by atoms with E-state index in [0.717, 1.165) is 0 Å². The first kappa shape index (κ1) is 15.4. The van der Waals surface area contributed by atoms with Gasteiger partial charge in [0.15, 0.2) is 0 Å². The third-order valence-electron chi connectivity index (χ3n) is 2.36. The van der Waals surface area contributed by atoms with E-state index in [1.807, 2.05) is 20.8 Å². The van der Waals surface area contributed by atoms with Crippen LogP contribution in [0, 0.1) is 5.82 Å². The van der Waals surface area contributed by atoms with E-state index in [9.17, 15) is 4.39 Å². The molecule has 1 aromatic rings. The van der Waals surface area contributed by atoms with Crippen molar-refractivity contribution in [2.24, 2.45) is 5.16 Å². The fraction of sp³-hybridized carbons (Fsp3) is 0.500. The molecule has 0 aliphatic rings. The Morgan fingerprint density at radius 1 is 1.32 bits per heavy atom. The first-order valence-corrected chi connectivity index (χ1v) is 6.09. The van der Waals surface area contributed by atoms with Crippen LogP contribution in [0.25, 0.3) is 0 Å². The highest BCUT2D eigenvalue weighted by atomic mass is 19.1. The lowest BCUT2D eigenvalue weighted by molar-refractivity contribution is -0.0163. The van der Waals surface area contributed by atoms with Crippen molar-refractivity contribution in [3.8, 4) is 5.75 Å². The van der Waals surface area contributed by atoms with Gasteiger partial charge in [0.25, 0.3) is 0 Å². The Kier molecular flexibility index (Phi) is 5.30. The van der Waals surface area contributed by atoms with Crippen LogP contribution in [0.5, 0.6) is 5.75 Å². The predicted molar refractivity (Wildman–Crippen MR) is 71.6 cm³/mol. The summed E-state index contributed by atoms with van der Waals surface area (Å²) in [6.45, 7) is 8.16. The molecule has 1 rings (SSSR count). The maximum absolute atomic E-state index is 13.2. The van der Waals surface area contributed by atoms with Crippen molar-refractivity contribution < 1.29 is 19.1 Å². The molecule has 106 valence electrons. The highest BCUT2D eigenvalue weighted by Crippen LogP contribution is 2.21. The van der Waals surface area contributed by atoms with E-state index in [2.05, 4.69) is 5.16 Å². The maximum atomic E-state index is 13.2. The molecule has 0 fully saturated rings. The second kappa shape index (κ2) is 6.52. The minimum Gasteiger partial charge on any atom is -0.490 e. The second-order valence-electron chi connectivity index (χ2n) is 5.14. The number of benzene rings is 1. The van der Waals surface area contributed by atoms with Crippen molar-refractivity contribution in [2.45, 2.75) is 33.3 Å². The summed E-state index contributed by atoms with van der Waals surface area (Å²) in [5, 5.41) is 11.9. The van der Waals surface area contributed by atoms with Crippen LogP contribution in [0.3, 0.4) is 0 Å². The molecule has 0 amide bonds. The van der Waals surface area contributed by atoms with Crippen molar-refractivity contribution in [2.75, 3.05) is 13.2 Å². The van der Waals surface area contributed by atoms with Crippen LogP contribution < -0.4 is 4.74 Å². The van der Waals surface area contributed by atoms with Gasteiger partial charge in [0.2, 0.25) is 0 Å². The molecule has 0 unspecified atom stereocenters. The second-order valence-corrected chi connectivity index (χ2v) is 5.14. The van der Waals surface area contributed by atoms with Gasteiger partial charge in [-0.1, -0.05) is 5.16 Å². The molecule has 0 saturated carbocycles. The third kappa shape index (κ3) is 5.26. The van der Waals surface area contributed by atoms with Crippen LogP contribution in [0.1, 0.15) is 33.3 Å². The molecular formula is C14H20FNO3. The summed E-state index contributed by atoms with van der Waals surface area (Å²) in [5.74, 6) is -0.0611. The zero-order valence-corrected chi connectivity index (χ0v) is 11.7. The molecule has 0 aromatic heterocycles. The van der Waals surface area contributed by atoms with E-state index in [1.54, 1.807) is 6.92 Å². The Morgan fingerprint density at radius 3 is 2.58 bits per heavy atom. The SMILES string of the molecule is C/C(=N/O)c1ccc(F)cc1OCCOC(C)(C)C. The van der Waals surface area contributed by atoms with Crippen molar-refractivity contribution in [3.63, 3.8) is 0 Å². The van der Waals surface area contributed by atoms with Gasteiger partial charge in [-0.3, -0.25) is 0 Å². The normalized spacial score (nSPS) is 12.6. The van der Waals surface area contributed by atoms with Crippen LogP contribution in [-0.4, -0.2) is 29.7 Å². The molecule has 0 aliphatic carbocycles. The molecular weight excluding hydrogens is 249 g/mol. The highest BCUT2D eigenvalue weighted by molar-refractivity contribution is 6.00. The Balaban J connectivity index is 2.69. The minimum atomic E-state index is -0.402. The van der Waals surface area contributed by atoms with Crippen LogP contribution in [0.2, 0.25) is 0 Å². The molecule has 4 nitrogen and oxygen atoms in total. The number of oxime groups is 1. The summed E-state index contributed by atoms with van der Waals surface area (Å²) in [7, 11) is 0. The molecule has 0 atom stereocenters. The number of nitrogens with zero attached hydrogens (tertiary/aromatic N) is 1. The smallest absolute Gasteiger partial charge is 0.131 e. The van der Waals surface area contributed by atoms with Crippen LogP contribution in [0.4, 0.5) is 4.39 Å². The van der Waals surface area contributed by atoms with Crippen LogP contribution in [0.15, 0.2) is 23.4 Å². The number of hydrogen-bond donors (Lipinski definition) is 1. The number of halogens is 1. The molecule has 5 heteroatoms. The lowest BCUT2D eigenvalue weighted by atomic mass is 10.1. The van der Waals surface area contributed by atoms with Gasteiger partial charge in [-0.25, -0.2) is 4.39 Å². The zero-order valence-electron chi connectivity index (χ0n) is 11.7. The summed E-state index contributed by atoms with van der Waals surface area (Å²) in [6.07, 6.45) is 0. The van der Waals surface area contributed by atoms with Gasteiger partial charge in [0.1, 0.15) is 18.2 Å². The number of hydrogen-bond acceptors (Lipinski definition) is 4. The molecule has 0 saturated heterocycles. The molecule has 0 aliphatic heterocycles. The molecule has 1 N–H and O–H groups in total. The fourth-order valence-electron chi connectivity index (χ4n) is 1.47. The van der Waals surface area contributed by atoms with E-state index < -0.39 is 5.82 Å². The van der Waals surface area contributed by atoms with Crippen molar-refractivity contribution in [1.82, 2.24) is 0 Å². The Morgan fingerprint density at radius 2 is 2.00 bits per heavy atom. The number of ether oxygens (including phenoxy) is 2. The quantitative estimate of drug-likeness (QED) is 0.386. The molecule has 0 bridgehead atoms.